The summed E-state index contributed by atoms with van der Waals surface area (Å²) in [5.41, 5.74) is 0. The summed E-state index contributed by atoms with van der Waals surface area (Å²) in [6, 6.07) is 0.154. The highest BCUT2D eigenvalue weighted by molar-refractivity contribution is 7.17. The van der Waals surface area contributed by atoms with Gasteiger partial charge in [-0.3, -0.25) is 4.67 Å². The molecule has 1 aliphatic heterocycles. The summed E-state index contributed by atoms with van der Waals surface area (Å²) < 4.78 is 2.18. The zero-order valence-electron chi connectivity index (χ0n) is 9.05. The molecule has 2 heterocycles. The highest BCUT2D eigenvalue weighted by atomic mass is 32.1. The number of aromatic nitrogens is 1. The lowest BCUT2D eigenvalue weighted by atomic mass is 10.2. The summed E-state index contributed by atoms with van der Waals surface area (Å²) in [6.07, 6.45) is 1.49. The van der Waals surface area contributed by atoms with Crippen LogP contribution in [0.3, 0.4) is 0 Å². The van der Waals surface area contributed by atoms with E-state index in [2.05, 4.69) is 35.8 Å². The van der Waals surface area contributed by atoms with Gasteiger partial charge in [-0.2, -0.15) is 0 Å². The average Bonchev–Trinajstić information content (AvgIpc) is 2.65. The number of piperazine rings is 1. The molecule has 1 aromatic rings. The minimum atomic E-state index is 0.154. The van der Waals surface area contributed by atoms with Gasteiger partial charge >= 0.3 is 0 Å². The van der Waals surface area contributed by atoms with Crippen LogP contribution in [-0.4, -0.2) is 40.4 Å². The molecular formula is C10H14N3OPS. The van der Waals surface area contributed by atoms with E-state index in [1.807, 2.05) is 6.92 Å². The number of nitrogens with zero attached hydrogens (tertiary/aromatic N) is 3. The topological polar surface area (TPSA) is 39.6 Å². The molecule has 2 unspecified atom stereocenters. The van der Waals surface area contributed by atoms with Gasteiger partial charge in [-0.25, -0.2) is 4.98 Å². The van der Waals surface area contributed by atoms with Gasteiger partial charge in [0.15, 0.2) is 10.2 Å². The maximum atomic E-state index is 9.33. The molecule has 86 valence electrons. The third kappa shape index (κ3) is 2.46. The molecule has 1 N–H and O–H groups in total. The number of hydrogen-bond acceptors (Lipinski definition) is 5. The fraction of sp³-hybridized carbons (Fsp3) is 0.500. The summed E-state index contributed by atoms with van der Waals surface area (Å²) in [7, 11) is 2.71. The van der Waals surface area contributed by atoms with E-state index in [0.717, 1.165) is 24.8 Å². The monoisotopic (exact) mass is 255 g/mol. The number of hydrogen-bond donors (Lipinski definition) is 1. The molecule has 0 radical (unpaired) electrons. The summed E-state index contributed by atoms with van der Waals surface area (Å²) >= 11 is 1.30. The Bertz CT molecular complexity index is 425. The van der Waals surface area contributed by atoms with E-state index >= 15 is 0 Å². The van der Waals surface area contributed by atoms with Gasteiger partial charge in [0.1, 0.15) is 6.04 Å². The van der Waals surface area contributed by atoms with Crippen LogP contribution in [0.2, 0.25) is 0 Å². The number of anilines is 1. The normalized spacial score (nSPS) is 21.6. The first kappa shape index (κ1) is 11.7. The average molecular weight is 255 g/mol. The Morgan fingerprint density at radius 3 is 3.06 bits per heavy atom. The molecule has 1 aromatic heterocycles. The van der Waals surface area contributed by atoms with Gasteiger partial charge in [0.05, 0.1) is 6.20 Å². The van der Waals surface area contributed by atoms with Crippen molar-refractivity contribution < 1.29 is 5.11 Å². The lowest BCUT2D eigenvalue weighted by molar-refractivity contribution is 0.396. The largest absolute Gasteiger partial charge is 0.498 e. The van der Waals surface area contributed by atoms with E-state index in [1.54, 1.807) is 0 Å². The zero-order chi connectivity index (χ0) is 11.5. The van der Waals surface area contributed by atoms with E-state index in [-0.39, 0.29) is 11.1 Å². The second-order valence-corrected chi connectivity index (χ2v) is 5.30. The third-order valence-corrected chi connectivity index (χ3v) is 3.76. The van der Waals surface area contributed by atoms with Crippen LogP contribution in [0.4, 0.5) is 5.13 Å². The van der Waals surface area contributed by atoms with Crippen LogP contribution in [0.1, 0.15) is 6.92 Å². The molecule has 1 aliphatic rings. The lowest BCUT2D eigenvalue weighted by Gasteiger charge is -2.36. The van der Waals surface area contributed by atoms with E-state index in [9.17, 15) is 5.11 Å². The van der Waals surface area contributed by atoms with Gasteiger partial charge in [0.25, 0.3) is 0 Å². The standard InChI is InChI=1S/C10H14N3OPS/c1-2-3-8-7-12(15)4-5-13(8)10-11-6-9(14)16-10/h6,8,14H,4-5,7,15H2,1H3. The molecule has 0 spiro atoms. The first-order chi connectivity index (χ1) is 7.70. The first-order valence-corrected chi connectivity index (χ1v) is 6.37. The van der Waals surface area contributed by atoms with Crippen LogP contribution in [0.5, 0.6) is 5.06 Å². The second-order valence-electron chi connectivity index (χ2n) is 3.58. The van der Waals surface area contributed by atoms with Crippen molar-refractivity contribution in [3.05, 3.63) is 6.20 Å². The van der Waals surface area contributed by atoms with Crippen molar-refractivity contribution in [2.75, 3.05) is 24.5 Å². The van der Waals surface area contributed by atoms with Gasteiger partial charge < -0.3 is 10.0 Å². The van der Waals surface area contributed by atoms with E-state index in [1.165, 1.54) is 17.5 Å². The van der Waals surface area contributed by atoms with Crippen molar-refractivity contribution in [2.45, 2.75) is 13.0 Å². The van der Waals surface area contributed by atoms with Crippen molar-refractivity contribution in [3.63, 3.8) is 0 Å². The van der Waals surface area contributed by atoms with Crippen molar-refractivity contribution in [3.8, 4) is 16.9 Å². The Morgan fingerprint density at radius 1 is 1.62 bits per heavy atom. The highest BCUT2D eigenvalue weighted by Crippen LogP contribution is 2.30. The van der Waals surface area contributed by atoms with E-state index in [0.29, 0.717) is 0 Å². The van der Waals surface area contributed by atoms with Gasteiger partial charge in [-0.15, -0.1) is 5.92 Å². The van der Waals surface area contributed by atoms with E-state index < -0.39 is 0 Å². The van der Waals surface area contributed by atoms with Gasteiger partial charge in [-0.1, -0.05) is 26.6 Å². The number of thiazole rings is 1. The molecular weight excluding hydrogens is 241 g/mol. The van der Waals surface area contributed by atoms with Crippen molar-refractivity contribution >= 4 is 25.9 Å². The quantitative estimate of drug-likeness (QED) is 0.603. The van der Waals surface area contributed by atoms with Crippen LogP contribution in [0.25, 0.3) is 0 Å². The maximum absolute atomic E-state index is 9.33. The Morgan fingerprint density at radius 2 is 2.44 bits per heavy atom. The summed E-state index contributed by atoms with van der Waals surface area (Å²) in [5.74, 6) is 6.13. The molecule has 0 amide bonds. The predicted octanol–water partition coefficient (Wildman–Crippen LogP) is 1.15. The molecule has 0 aromatic carbocycles. The molecule has 2 atom stereocenters. The van der Waals surface area contributed by atoms with Crippen LogP contribution in [0.15, 0.2) is 6.20 Å². The molecule has 16 heavy (non-hydrogen) atoms. The lowest BCUT2D eigenvalue weighted by Crippen LogP contribution is -2.49. The summed E-state index contributed by atoms with van der Waals surface area (Å²) in [4.78, 5) is 6.35. The van der Waals surface area contributed by atoms with Crippen LogP contribution >= 0.6 is 20.7 Å². The SMILES string of the molecule is CC#CC1CN(P)CCN1c1ncc(O)s1. The Hall–Kier alpha value is -0.820. The fourth-order valence-corrected chi connectivity index (χ4v) is 2.76. The summed E-state index contributed by atoms with van der Waals surface area (Å²) in [6.45, 7) is 4.58. The third-order valence-electron chi connectivity index (χ3n) is 2.45. The van der Waals surface area contributed by atoms with Crippen molar-refractivity contribution in [2.24, 2.45) is 0 Å². The minimum Gasteiger partial charge on any atom is -0.498 e. The molecule has 4 nitrogen and oxygen atoms in total. The Kier molecular flexibility index (Phi) is 3.65. The smallest absolute Gasteiger partial charge is 0.193 e. The van der Waals surface area contributed by atoms with Crippen LogP contribution in [0, 0.1) is 11.8 Å². The van der Waals surface area contributed by atoms with E-state index in [4.69, 9.17) is 0 Å². The first-order valence-electron chi connectivity index (χ1n) is 5.04. The van der Waals surface area contributed by atoms with Crippen LogP contribution < -0.4 is 4.90 Å². The number of aromatic hydroxyl groups is 1. The predicted molar refractivity (Wildman–Crippen MR) is 69.6 cm³/mol. The second kappa shape index (κ2) is 5.01. The summed E-state index contributed by atoms with van der Waals surface area (Å²) in [5, 5.41) is 10.4. The van der Waals surface area contributed by atoms with Crippen molar-refractivity contribution in [1.82, 2.24) is 9.65 Å². The molecule has 1 fully saturated rings. The van der Waals surface area contributed by atoms with Gasteiger partial charge in [0, 0.05) is 19.6 Å². The zero-order valence-corrected chi connectivity index (χ0v) is 11.0. The molecule has 2 rings (SSSR count). The Balaban J connectivity index is 2.20. The molecule has 6 heteroatoms. The van der Waals surface area contributed by atoms with Gasteiger partial charge in [-0.05, 0) is 6.92 Å². The van der Waals surface area contributed by atoms with Crippen molar-refractivity contribution in [1.29, 1.82) is 0 Å². The molecule has 0 aliphatic carbocycles. The number of rotatable bonds is 1. The Labute approximate surface area is 102 Å². The minimum absolute atomic E-state index is 0.154. The highest BCUT2D eigenvalue weighted by Gasteiger charge is 2.25. The van der Waals surface area contributed by atoms with Crippen LogP contribution in [-0.2, 0) is 0 Å². The fourth-order valence-electron chi connectivity index (χ4n) is 1.71. The molecule has 0 bridgehead atoms. The van der Waals surface area contributed by atoms with Gasteiger partial charge in [0.2, 0.25) is 0 Å². The molecule has 0 saturated carbocycles. The maximum Gasteiger partial charge on any atom is 0.193 e. The molecule has 1 saturated heterocycles.